The standard InChI is InChI=1S/C20H32N4O2/c1-15(2)11-20(8-5-9-20)14-24-19(22-3)23-12-16-6-4-7-17(10-16)26-13-18(21)25/h4,6-7,10,15H,5,8-9,11-14H2,1-3H3,(H2,21,25)(H2,22,23,24). The molecule has 1 aliphatic rings. The topological polar surface area (TPSA) is 88.7 Å². The summed E-state index contributed by atoms with van der Waals surface area (Å²) in [6.07, 6.45) is 5.19. The molecule has 1 aromatic rings. The van der Waals surface area contributed by atoms with Crippen LogP contribution in [0.1, 0.15) is 45.1 Å². The van der Waals surface area contributed by atoms with Crippen LogP contribution < -0.4 is 21.1 Å². The molecule has 6 heteroatoms. The van der Waals surface area contributed by atoms with Crippen molar-refractivity contribution >= 4 is 11.9 Å². The summed E-state index contributed by atoms with van der Waals surface area (Å²) in [4.78, 5) is 15.1. The Morgan fingerprint density at radius 3 is 2.69 bits per heavy atom. The van der Waals surface area contributed by atoms with Gasteiger partial charge in [-0.1, -0.05) is 32.4 Å². The number of guanidine groups is 1. The molecule has 0 radical (unpaired) electrons. The summed E-state index contributed by atoms with van der Waals surface area (Å²) in [7, 11) is 1.79. The predicted octanol–water partition coefficient (Wildman–Crippen LogP) is 2.43. The Morgan fingerprint density at radius 2 is 2.12 bits per heavy atom. The number of hydrogen-bond donors (Lipinski definition) is 3. The van der Waals surface area contributed by atoms with Gasteiger partial charge in [-0.2, -0.15) is 0 Å². The molecular formula is C20H32N4O2. The van der Waals surface area contributed by atoms with E-state index in [0.29, 0.717) is 17.7 Å². The molecule has 144 valence electrons. The van der Waals surface area contributed by atoms with Crippen LogP contribution in [0.3, 0.4) is 0 Å². The quantitative estimate of drug-likeness (QED) is 0.466. The lowest BCUT2D eigenvalue weighted by Crippen LogP contribution is -2.46. The van der Waals surface area contributed by atoms with Crippen LogP contribution in [-0.4, -0.2) is 32.1 Å². The maximum atomic E-state index is 10.8. The first-order valence-electron chi connectivity index (χ1n) is 9.37. The maximum absolute atomic E-state index is 10.8. The van der Waals surface area contributed by atoms with Gasteiger partial charge in [0.05, 0.1) is 0 Å². The number of rotatable bonds is 9. The number of carbonyl (C=O) groups excluding carboxylic acids is 1. The third kappa shape index (κ3) is 6.24. The molecule has 4 N–H and O–H groups in total. The van der Waals surface area contributed by atoms with Crippen molar-refractivity contribution in [1.29, 1.82) is 0 Å². The number of carbonyl (C=O) groups is 1. The van der Waals surface area contributed by atoms with Crippen LogP contribution in [0.4, 0.5) is 0 Å². The van der Waals surface area contributed by atoms with E-state index in [-0.39, 0.29) is 6.61 Å². The van der Waals surface area contributed by atoms with Crippen molar-refractivity contribution in [2.75, 3.05) is 20.2 Å². The summed E-state index contributed by atoms with van der Waals surface area (Å²) in [6.45, 7) is 6.07. The van der Waals surface area contributed by atoms with Crippen molar-refractivity contribution in [1.82, 2.24) is 10.6 Å². The molecule has 0 unspecified atom stereocenters. The monoisotopic (exact) mass is 360 g/mol. The molecule has 0 aromatic heterocycles. The summed E-state index contributed by atoms with van der Waals surface area (Å²) < 4.78 is 5.34. The van der Waals surface area contributed by atoms with Gasteiger partial charge >= 0.3 is 0 Å². The molecule has 1 amide bonds. The van der Waals surface area contributed by atoms with Crippen molar-refractivity contribution in [3.8, 4) is 5.75 Å². The largest absolute Gasteiger partial charge is 0.484 e. The van der Waals surface area contributed by atoms with E-state index in [1.807, 2.05) is 24.3 Å². The van der Waals surface area contributed by atoms with Crippen LogP contribution in [0.25, 0.3) is 0 Å². The Kier molecular flexibility index (Phi) is 7.30. The van der Waals surface area contributed by atoms with Crippen molar-refractivity contribution in [2.45, 2.75) is 46.1 Å². The fourth-order valence-electron chi connectivity index (χ4n) is 3.57. The van der Waals surface area contributed by atoms with Crippen LogP contribution in [0, 0.1) is 11.3 Å². The van der Waals surface area contributed by atoms with E-state index >= 15 is 0 Å². The SMILES string of the molecule is CN=C(NCc1cccc(OCC(N)=O)c1)NCC1(CC(C)C)CCC1. The zero-order valence-corrected chi connectivity index (χ0v) is 16.2. The number of nitrogens with zero attached hydrogens (tertiary/aromatic N) is 1. The average molecular weight is 361 g/mol. The van der Waals surface area contributed by atoms with Gasteiger partial charge in [-0.05, 0) is 48.3 Å². The third-order valence-corrected chi connectivity index (χ3v) is 4.85. The Morgan fingerprint density at radius 1 is 1.35 bits per heavy atom. The summed E-state index contributed by atoms with van der Waals surface area (Å²) in [5, 5.41) is 6.83. The van der Waals surface area contributed by atoms with Gasteiger partial charge in [-0.15, -0.1) is 0 Å². The van der Waals surface area contributed by atoms with Crippen LogP contribution in [0.2, 0.25) is 0 Å². The molecule has 0 saturated heterocycles. The van der Waals surface area contributed by atoms with Crippen LogP contribution in [0.15, 0.2) is 29.3 Å². The van der Waals surface area contributed by atoms with Gasteiger partial charge < -0.3 is 21.1 Å². The highest BCUT2D eigenvalue weighted by molar-refractivity contribution is 5.79. The molecule has 0 atom stereocenters. The molecule has 1 aliphatic carbocycles. The van der Waals surface area contributed by atoms with E-state index < -0.39 is 5.91 Å². The van der Waals surface area contributed by atoms with E-state index in [9.17, 15) is 4.79 Å². The minimum atomic E-state index is -0.482. The van der Waals surface area contributed by atoms with E-state index in [4.69, 9.17) is 10.5 Å². The lowest BCUT2D eigenvalue weighted by Gasteiger charge is -2.43. The first-order chi connectivity index (χ1) is 12.4. The second-order valence-electron chi connectivity index (χ2n) is 7.63. The van der Waals surface area contributed by atoms with Gasteiger partial charge in [0.15, 0.2) is 12.6 Å². The summed E-state index contributed by atoms with van der Waals surface area (Å²) in [6, 6.07) is 7.61. The number of primary amides is 1. The first kappa shape index (κ1) is 20.1. The third-order valence-electron chi connectivity index (χ3n) is 4.85. The van der Waals surface area contributed by atoms with Crippen LogP contribution in [0.5, 0.6) is 5.75 Å². The number of aliphatic imine (C=N–C) groups is 1. The highest BCUT2D eigenvalue weighted by Gasteiger charge is 2.37. The molecule has 2 rings (SSSR count). The highest BCUT2D eigenvalue weighted by atomic mass is 16.5. The lowest BCUT2D eigenvalue weighted by atomic mass is 9.64. The van der Waals surface area contributed by atoms with Gasteiger partial charge in [0.2, 0.25) is 0 Å². The number of benzene rings is 1. The number of amides is 1. The normalized spacial score (nSPS) is 16.1. The van der Waals surface area contributed by atoms with Crippen molar-refractivity contribution in [2.24, 2.45) is 22.1 Å². The number of nitrogens with one attached hydrogen (secondary N) is 2. The number of ether oxygens (including phenoxy) is 1. The van der Waals surface area contributed by atoms with Crippen LogP contribution >= 0.6 is 0 Å². The van der Waals surface area contributed by atoms with Crippen molar-refractivity contribution in [3.63, 3.8) is 0 Å². The summed E-state index contributed by atoms with van der Waals surface area (Å²) >= 11 is 0. The van der Waals surface area contributed by atoms with Gasteiger partial charge in [0, 0.05) is 20.1 Å². The Bertz CT molecular complexity index is 624. The van der Waals surface area contributed by atoms with Gasteiger partial charge in [0.1, 0.15) is 5.75 Å². The van der Waals surface area contributed by atoms with E-state index in [2.05, 4.69) is 29.5 Å². The molecular weight excluding hydrogens is 328 g/mol. The van der Waals surface area contributed by atoms with Crippen LogP contribution in [-0.2, 0) is 11.3 Å². The molecule has 0 spiro atoms. The number of hydrogen-bond acceptors (Lipinski definition) is 3. The molecule has 1 saturated carbocycles. The minimum absolute atomic E-state index is 0.113. The summed E-state index contributed by atoms with van der Waals surface area (Å²) in [5.74, 6) is 1.68. The fourth-order valence-corrected chi connectivity index (χ4v) is 3.57. The summed E-state index contributed by atoms with van der Waals surface area (Å²) in [5.41, 5.74) is 6.59. The second-order valence-corrected chi connectivity index (χ2v) is 7.63. The van der Waals surface area contributed by atoms with Crippen molar-refractivity contribution in [3.05, 3.63) is 29.8 Å². The minimum Gasteiger partial charge on any atom is -0.484 e. The average Bonchev–Trinajstić information content (AvgIpc) is 2.57. The Balaban J connectivity index is 1.83. The first-order valence-corrected chi connectivity index (χ1v) is 9.37. The van der Waals surface area contributed by atoms with E-state index in [1.165, 1.54) is 25.7 Å². The molecule has 0 heterocycles. The molecule has 1 aromatic carbocycles. The number of nitrogens with two attached hydrogens (primary N) is 1. The van der Waals surface area contributed by atoms with Gasteiger partial charge in [0.25, 0.3) is 5.91 Å². The fraction of sp³-hybridized carbons (Fsp3) is 0.600. The maximum Gasteiger partial charge on any atom is 0.255 e. The Hall–Kier alpha value is -2.24. The predicted molar refractivity (Wildman–Crippen MR) is 105 cm³/mol. The highest BCUT2D eigenvalue weighted by Crippen LogP contribution is 2.45. The second kappa shape index (κ2) is 9.46. The zero-order chi connectivity index (χ0) is 19.0. The molecule has 26 heavy (non-hydrogen) atoms. The van der Waals surface area contributed by atoms with Crippen molar-refractivity contribution < 1.29 is 9.53 Å². The van der Waals surface area contributed by atoms with E-state index in [1.54, 1.807) is 7.05 Å². The Labute approximate surface area is 156 Å². The molecule has 0 bridgehead atoms. The van der Waals surface area contributed by atoms with E-state index in [0.717, 1.165) is 24.0 Å². The zero-order valence-electron chi connectivity index (χ0n) is 16.2. The smallest absolute Gasteiger partial charge is 0.255 e. The van der Waals surface area contributed by atoms with Gasteiger partial charge in [-0.3, -0.25) is 9.79 Å². The molecule has 0 aliphatic heterocycles. The molecule has 6 nitrogen and oxygen atoms in total. The van der Waals surface area contributed by atoms with Gasteiger partial charge in [-0.25, -0.2) is 0 Å². The molecule has 1 fully saturated rings. The lowest BCUT2D eigenvalue weighted by molar-refractivity contribution is -0.119.